The first kappa shape index (κ1) is 13.8. The van der Waals surface area contributed by atoms with Gasteiger partial charge in [0.2, 0.25) is 0 Å². The summed E-state index contributed by atoms with van der Waals surface area (Å²) in [6.07, 6.45) is 0. The maximum atomic E-state index is 11.6. The Kier molecular flexibility index (Phi) is 3.27. The number of rotatable bonds is 3. The van der Waals surface area contributed by atoms with Crippen LogP contribution in [0.2, 0.25) is 0 Å². The van der Waals surface area contributed by atoms with Crippen molar-refractivity contribution in [3.05, 3.63) is 39.9 Å². The summed E-state index contributed by atoms with van der Waals surface area (Å²) in [5.74, 6) is -1.04. The largest absolute Gasteiger partial charge is 0.479 e. The van der Waals surface area contributed by atoms with Gasteiger partial charge in [-0.3, -0.25) is 15.4 Å². The zero-order valence-corrected chi connectivity index (χ0v) is 11.4. The molecule has 6 nitrogen and oxygen atoms in total. The highest BCUT2D eigenvalue weighted by atomic mass is 32.2. The number of nitro benzene ring substituents is 1. The van der Waals surface area contributed by atoms with Crippen LogP contribution in [-0.2, 0) is 9.67 Å². The third-order valence-electron chi connectivity index (χ3n) is 2.96. The van der Waals surface area contributed by atoms with Gasteiger partial charge in [-0.25, -0.2) is 4.79 Å². The van der Waals surface area contributed by atoms with Gasteiger partial charge in [-0.05, 0) is 13.8 Å². The summed E-state index contributed by atoms with van der Waals surface area (Å²) >= 11 is 1.26. The molecule has 1 fully saturated rings. The van der Waals surface area contributed by atoms with Crippen molar-refractivity contribution < 1.29 is 14.8 Å². The predicted octanol–water partition coefficient (Wildman–Crippen LogP) is 1.95. The highest BCUT2D eigenvalue weighted by Crippen LogP contribution is 2.47. The molecule has 1 heterocycles. The Morgan fingerprint density at radius 2 is 2.21 bits per heavy atom. The molecule has 1 aliphatic rings. The van der Waals surface area contributed by atoms with E-state index in [-0.39, 0.29) is 10.4 Å². The van der Waals surface area contributed by atoms with E-state index in [1.54, 1.807) is 6.07 Å². The number of carbonyl (C=O) groups is 1. The molecule has 0 amide bonds. The number of carboxylic acids is 1. The Morgan fingerprint density at radius 3 is 2.68 bits per heavy atom. The van der Waals surface area contributed by atoms with Crippen LogP contribution in [0, 0.1) is 10.1 Å². The molecular formula is C12H14N2O4S. The second-order valence-corrected chi connectivity index (χ2v) is 6.93. The lowest BCUT2D eigenvalue weighted by atomic mass is 10.1. The summed E-state index contributed by atoms with van der Waals surface area (Å²) in [6.45, 7) is 4.39. The highest BCUT2D eigenvalue weighted by Gasteiger charge is 2.51. The summed E-state index contributed by atoms with van der Waals surface area (Å²) in [4.78, 5) is 20.6. The lowest BCUT2D eigenvalue weighted by Gasteiger charge is -2.25. The van der Waals surface area contributed by atoms with Crippen LogP contribution >= 0.6 is 11.8 Å². The normalized spacial score (nSPS) is 25.2. The fraction of sp³-hybridized carbons (Fsp3) is 0.417. The fourth-order valence-corrected chi connectivity index (χ4v) is 3.52. The molecule has 0 radical (unpaired) electrons. The van der Waals surface area contributed by atoms with Crippen molar-refractivity contribution in [3.63, 3.8) is 0 Å². The standard InChI is InChI=1S/C12H14N2O4S/c1-11(2)7-13-12(19-11,10(15)16)8-4-3-5-9(6-8)14(17)18/h3-6,13H,7H2,1-2H3,(H,15,16). The van der Waals surface area contributed by atoms with Crippen LogP contribution in [0.4, 0.5) is 5.69 Å². The third kappa shape index (κ3) is 2.43. The second-order valence-electron chi connectivity index (χ2n) is 5.01. The fourth-order valence-electron chi connectivity index (χ4n) is 2.07. The van der Waals surface area contributed by atoms with Crippen LogP contribution in [0.1, 0.15) is 19.4 Å². The maximum absolute atomic E-state index is 11.6. The molecule has 1 unspecified atom stereocenters. The Bertz CT molecular complexity index is 546. The van der Waals surface area contributed by atoms with Gasteiger partial charge in [0.05, 0.1) is 4.92 Å². The van der Waals surface area contributed by atoms with Crippen molar-refractivity contribution in [1.82, 2.24) is 5.32 Å². The molecular weight excluding hydrogens is 268 g/mol. The number of hydrogen-bond donors (Lipinski definition) is 2. The monoisotopic (exact) mass is 282 g/mol. The van der Waals surface area contributed by atoms with Crippen LogP contribution in [0.25, 0.3) is 0 Å². The molecule has 7 heteroatoms. The molecule has 0 aromatic heterocycles. The molecule has 0 saturated carbocycles. The minimum absolute atomic E-state index is 0.106. The lowest BCUT2D eigenvalue weighted by molar-refractivity contribution is -0.384. The number of thioether (sulfide) groups is 1. The zero-order valence-electron chi connectivity index (χ0n) is 10.5. The summed E-state index contributed by atoms with van der Waals surface area (Å²) in [6, 6.07) is 5.77. The minimum Gasteiger partial charge on any atom is -0.479 e. The van der Waals surface area contributed by atoms with E-state index in [0.717, 1.165) is 0 Å². The number of hydrogen-bond acceptors (Lipinski definition) is 5. The van der Waals surface area contributed by atoms with E-state index in [4.69, 9.17) is 0 Å². The number of nitrogens with one attached hydrogen (secondary N) is 1. The molecule has 1 aromatic rings. The van der Waals surface area contributed by atoms with Gasteiger partial charge in [0.25, 0.3) is 5.69 Å². The number of nitrogens with zero attached hydrogens (tertiary/aromatic N) is 1. The van der Waals surface area contributed by atoms with Crippen LogP contribution in [-0.4, -0.2) is 27.3 Å². The number of aliphatic carboxylic acids is 1. The molecule has 2 rings (SSSR count). The molecule has 1 aromatic carbocycles. The van der Waals surface area contributed by atoms with Gasteiger partial charge in [-0.15, -0.1) is 11.8 Å². The van der Waals surface area contributed by atoms with Gasteiger partial charge in [0.15, 0.2) is 4.87 Å². The quantitative estimate of drug-likeness (QED) is 0.650. The summed E-state index contributed by atoms with van der Waals surface area (Å²) in [5, 5.41) is 23.3. The van der Waals surface area contributed by atoms with E-state index in [9.17, 15) is 20.0 Å². The Balaban J connectivity index is 2.50. The second kappa shape index (κ2) is 4.50. The van der Waals surface area contributed by atoms with Gasteiger partial charge in [0, 0.05) is 29.0 Å². The van der Waals surface area contributed by atoms with E-state index in [1.165, 1.54) is 30.0 Å². The molecule has 1 saturated heterocycles. The zero-order chi connectivity index (χ0) is 14.3. The number of benzene rings is 1. The van der Waals surface area contributed by atoms with E-state index >= 15 is 0 Å². The molecule has 0 spiro atoms. The minimum atomic E-state index is -1.32. The Morgan fingerprint density at radius 1 is 1.53 bits per heavy atom. The van der Waals surface area contributed by atoms with Crippen LogP contribution in [0.15, 0.2) is 24.3 Å². The summed E-state index contributed by atoms with van der Waals surface area (Å²) in [5.41, 5.74) is 0.287. The van der Waals surface area contributed by atoms with Crippen molar-refractivity contribution in [2.24, 2.45) is 0 Å². The summed E-state index contributed by atoms with van der Waals surface area (Å²) in [7, 11) is 0. The maximum Gasteiger partial charge on any atom is 0.339 e. The number of non-ortho nitro benzene ring substituents is 1. The molecule has 19 heavy (non-hydrogen) atoms. The average Bonchev–Trinajstić information content (AvgIpc) is 2.67. The van der Waals surface area contributed by atoms with Crippen molar-refractivity contribution >= 4 is 23.4 Å². The van der Waals surface area contributed by atoms with Gasteiger partial charge >= 0.3 is 5.97 Å². The van der Waals surface area contributed by atoms with E-state index < -0.39 is 15.8 Å². The molecule has 2 N–H and O–H groups in total. The number of nitro groups is 1. The first-order chi connectivity index (χ1) is 8.77. The first-order valence-electron chi connectivity index (χ1n) is 5.70. The smallest absolute Gasteiger partial charge is 0.339 e. The van der Waals surface area contributed by atoms with Crippen LogP contribution < -0.4 is 5.32 Å². The molecule has 0 aliphatic carbocycles. The van der Waals surface area contributed by atoms with Crippen molar-refractivity contribution in [3.8, 4) is 0 Å². The summed E-state index contributed by atoms with van der Waals surface area (Å²) < 4.78 is -0.247. The van der Waals surface area contributed by atoms with Crippen LogP contribution in [0.5, 0.6) is 0 Å². The molecule has 1 aliphatic heterocycles. The Labute approximate surface area is 114 Å². The molecule has 0 bridgehead atoms. The molecule has 1 atom stereocenters. The lowest BCUT2D eigenvalue weighted by Crippen LogP contribution is -2.42. The third-order valence-corrected chi connectivity index (χ3v) is 4.51. The van der Waals surface area contributed by atoms with Gasteiger partial charge in [0.1, 0.15) is 0 Å². The number of carboxylic acid groups (broad SMARTS) is 1. The molecule has 102 valence electrons. The predicted molar refractivity (Wildman–Crippen MR) is 72.1 cm³/mol. The topological polar surface area (TPSA) is 92.5 Å². The Hall–Kier alpha value is -1.60. The van der Waals surface area contributed by atoms with Crippen molar-refractivity contribution in [2.75, 3.05) is 6.54 Å². The van der Waals surface area contributed by atoms with Gasteiger partial charge < -0.3 is 5.11 Å². The van der Waals surface area contributed by atoms with Crippen molar-refractivity contribution in [2.45, 2.75) is 23.5 Å². The highest BCUT2D eigenvalue weighted by molar-refractivity contribution is 8.02. The van der Waals surface area contributed by atoms with Gasteiger partial charge in [-0.2, -0.15) is 0 Å². The van der Waals surface area contributed by atoms with E-state index in [0.29, 0.717) is 12.1 Å². The average molecular weight is 282 g/mol. The van der Waals surface area contributed by atoms with Gasteiger partial charge in [-0.1, -0.05) is 12.1 Å². The van der Waals surface area contributed by atoms with E-state index in [2.05, 4.69) is 5.32 Å². The van der Waals surface area contributed by atoms with Crippen molar-refractivity contribution in [1.29, 1.82) is 0 Å². The SMILES string of the molecule is CC1(C)CNC(C(=O)O)(c2cccc([N+](=O)[O-])c2)S1. The first-order valence-corrected chi connectivity index (χ1v) is 6.52. The van der Waals surface area contributed by atoms with Crippen LogP contribution in [0.3, 0.4) is 0 Å². The van der Waals surface area contributed by atoms with E-state index in [1.807, 2.05) is 13.8 Å².